The van der Waals surface area contributed by atoms with Crippen LogP contribution in [0, 0.1) is 0 Å². The fourth-order valence-electron chi connectivity index (χ4n) is 2.37. The number of piperidine rings is 1. The summed E-state index contributed by atoms with van der Waals surface area (Å²) in [5.74, 6) is 0. The molecule has 0 saturated carbocycles. The minimum atomic E-state index is -3.28. The van der Waals surface area contributed by atoms with Crippen molar-refractivity contribution in [3.63, 3.8) is 0 Å². The SMILES string of the molecule is CN1CCC(Nc2cccc(S(C)(=O)=O)c2N)CC1. The van der Waals surface area contributed by atoms with Gasteiger partial charge < -0.3 is 16.0 Å². The van der Waals surface area contributed by atoms with Gasteiger partial charge in [-0.15, -0.1) is 0 Å². The summed E-state index contributed by atoms with van der Waals surface area (Å²) < 4.78 is 23.3. The molecule has 1 aliphatic rings. The van der Waals surface area contributed by atoms with Gasteiger partial charge in [0, 0.05) is 12.3 Å². The second-order valence-electron chi connectivity index (χ2n) is 5.21. The number of anilines is 2. The quantitative estimate of drug-likeness (QED) is 0.815. The summed E-state index contributed by atoms with van der Waals surface area (Å²) >= 11 is 0. The summed E-state index contributed by atoms with van der Waals surface area (Å²) in [6.07, 6.45) is 3.26. The van der Waals surface area contributed by atoms with Crippen molar-refractivity contribution in [1.29, 1.82) is 0 Å². The van der Waals surface area contributed by atoms with Crippen LogP contribution in [0.2, 0.25) is 0 Å². The first-order chi connectivity index (χ1) is 8.88. The van der Waals surface area contributed by atoms with Crippen molar-refractivity contribution in [2.24, 2.45) is 0 Å². The first-order valence-corrected chi connectivity index (χ1v) is 8.30. The third-order valence-corrected chi connectivity index (χ3v) is 4.70. The molecule has 0 aliphatic carbocycles. The van der Waals surface area contributed by atoms with Crippen LogP contribution in [0.5, 0.6) is 0 Å². The van der Waals surface area contributed by atoms with Crippen molar-refractivity contribution in [3.05, 3.63) is 18.2 Å². The normalized spacial score (nSPS) is 18.4. The number of benzene rings is 1. The monoisotopic (exact) mass is 283 g/mol. The molecular weight excluding hydrogens is 262 g/mol. The van der Waals surface area contributed by atoms with Crippen molar-refractivity contribution in [1.82, 2.24) is 4.90 Å². The van der Waals surface area contributed by atoms with Crippen molar-refractivity contribution >= 4 is 21.2 Å². The highest BCUT2D eigenvalue weighted by Gasteiger charge is 2.19. The molecule has 1 aromatic carbocycles. The van der Waals surface area contributed by atoms with Crippen molar-refractivity contribution in [2.45, 2.75) is 23.8 Å². The maximum absolute atomic E-state index is 11.6. The van der Waals surface area contributed by atoms with Crippen LogP contribution in [0.3, 0.4) is 0 Å². The number of likely N-dealkylation sites (tertiary alicyclic amines) is 1. The zero-order valence-electron chi connectivity index (χ0n) is 11.4. The Balaban J connectivity index is 2.17. The molecular formula is C13H21N3O2S. The topological polar surface area (TPSA) is 75.4 Å². The molecule has 1 saturated heterocycles. The Hall–Kier alpha value is -1.27. The van der Waals surface area contributed by atoms with Crippen LogP contribution in [0.25, 0.3) is 0 Å². The van der Waals surface area contributed by atoms with Gasteiger partial charge in [0.05, 0.1) is 16.3 Å². The van der Waals surface area contributed by atoms with E-state index < -0.39 is 9.84 Å². The molecule has 1 fully saturated rings. The average Bonchev–Trinajstić information content (AvgIpc) is 2.33. The van der Waals surface area contributed by atoms with Gasteiger partial charge in [-0.3, -0.25) is 0 Å². The van der Waals surface area contributed by atoms with Crippen molar-refractivity contribution in [2.75, 3.05) is 37.4 Å². The Labute approximate surface area is 114 Å². The molecule has 106 valence electrons. The van der Waals surface area contributed by atoms with Crippen LogP contribution in [0.15, 0.2) is 23.1 Å². The smallest absolute Gasteiger partial charge is 0.177 e. The summed E-state index contributed by atoms with van der Waals surface area (Å²) in [7, 11) is -1.17. The zero-order chi connectivity index (χ0) is 14.0. The number of para-hydroxylation sites is 1. The fourth-order valence-corrected chi connectivity index (χ4v) is 3.20. The van der Waals surface area contributed by atoms with Crippen LogP contribution in [0.4, 0.5) is 11.4 Å². The third-order valence-electron chi connectivity index (χ3n) is 3.54. The van der Waals surface area contributed by atoms with E-state index in [0.29, 0.717) is 11.7 Å². The van der Waals surface area contributed by atoms with Gasteiger partial charge in [-0.05, 0) is 45.1 Å². The lowest BCUT2D eigenvalue weighted by Gasteiger charge is -2.30. The maximum Gasteiger partial charge on any atom is 0.177 e. The largest absolute Gasteiger partial charge is 0.396 e. The Morgan fingerprint density at radius 3 is 2.53 bits per heavy atom. The molecule has 0 spiro atoms. The van der Waals surface area contributed by atoms with E-state index in [4.69, 9.17) is 5.73 Å². The molecule has 0 atom stereocenters. The van der Waals surface area contributed by atoms with Crippen LogP contribution in [-0.4, -0.2) is 45.8 Å². The molecule has 2 rings (SSSR count). The predicted molar refractivity (Wildman–Crippen MR) is 78.1 cm³/mol. The summed E-state index contributed by atoms with van der Waals surface area (Å²) in [4.78, 5) is 2.49. The lowest BCUT2D eigenvalue weighted by atomic mass is 10.1. The van der Waals surface area contributed by atoms with Crippen LogP contribution >= 0.6 is 0 Å². The highest BCUT2D eigenvalue weighted by Crippen LogP contribution is 2.28. The molecule has 0 amide bonds. The van der Waals surface area contributed by atoms with Crippen molar-refractivity contribution in [3.8, 4) is 0 Å². The lowest BCUT2D eigenvalue weighted by Crippen LogP contribution is -2.36. The van der Waals surface area contributed by atoms with E-state index >= 15 is 0 Å². The van der Waals surface area contributed by atoms with E-state index in [1.165, 1.54) is 6.26 Å². The third kappa shape index (κ3) is 3.39. The molecule has 1 heterocycles. The molecule has 0 bridgehead atoms. The first-order valence-electron chi connectivity index (χ1n) is 6.41. The number of nitrogens with two attached hydrogens (primary N) is 1. The van der Waals surface area contributed by atoms with E-state index in [1.807, 2.05) is 6.07 Å². The summed E-state index contributed by atoms with van der Waals surface area (Å²) in [5.41, 5.74) is 7.00. The number of nitrogens with one attached hydrogen (secondary N) is 1. The molecule has 5 nitrogen and oxygen atoms in total. The first kappa shape index (κ1) is 14.1. The summed E-state index contributed by atoms with van der Waals surface area (Å²) in [6, 6.07) is 5.46. The molecule has 0 radical (unpaired) electrons. The molecule has 19 heavy (non-hydrogen) atoms. The number of nitrogens with zero attached hydrogens (tertiary/aromatic N) is 1. The fraction of sp³-hybridized carbons (Fsp3) is 0.538. The minimum absolute atomic E-state index is 0.199. The van der Waals surface area contributed by atoms with Gasteiger partial charge in [-0.2, -0.15) is 0 Å². The Bertz CT molecular complexity index is 549. The van der Waals surface area contributed by atoms with Gasteiger partial charge in [0.2, 0.25) is 0 Å². The summed E-state index contributed by atoms with van der Waals surface area (Å²) in [6.45, 7) is 2.09. The van der Waals surface area contributed by atoms with Crippen LogP contribution in [-0.2, 0) is 9.84 Å². The molecule has 6 heteroatoms. The Morgan fingerprint density at radius 1 is 1.32 bits per heavy atom. The Morgan fingerprint density at radius 2 is 1.95 bits per heavy atom. The van der Waals surface area contributed by atoms with E-state index in [2.05, 4.69) is 17.3 Å². The van der Waals surface area contributed by atoms with E-state index in [-0.39, 0.29) is 4.90 Å². The predicted octanol–water partition coefficient (Wildman–Crippen LogP) is 1.18. The van der Waals surface area contributed by atoms with Gasteiger partial charge in [0.25, 0.3) is 0 Å². The van der Waals surface area contributed by atoms with Gasteiger partial charge in [0.1, 0.15) is 0 Å². The number of nitrogen functional groups attached to an aromatic ring is 1. The van der Waals surface area contributed by atoms with Crippen LogP contribution < -0.4 is 11.1 Å². The second kappa shape index (κ2) is 5.38. The van der Waals surface area contributed by atoms with E-state index in [0.717, 1.165) is 31.6 Å². The number of rotatable bonds is 3. The van der Waals surface area contributed by atoms with E-state index in [9.17, 15) is 8.42 Å². The highest BCUT2D eigenvalue weighted by molar-refractivity contribution is 7.90. The highest BCUT2D eigenvalue weighted by atomic mass is 32.2. The summed E-state index contributed by atoms with van der Waals surface area (Å²) in [5, 5.41) is 3.37. The second-order valence-corrected chi connectivity index (χ2v) is 7.20. The van der Waals surface area contributed by atoms with E-state index in [1.54, 1.807) is 12.1 Å². The molecule has 3 N–H and O–H groups in total. The standard InChI is InChI=1S/C13H21N3O2S/c1-16-8-6-10(7-9-16)15-11-4-3-5-12(13(11)14)19(2,17)18/h3-5,10,15H,6-9,14H2,1-2H3. The van der Waals surface area contributed by atoms with Gasteiger partial charge in [0.15, 0.2) is 9.84 Å². The van der Waals surface area contributed by atoms with Crippen LogP contribution in [0.1, 0.15) is 12.8 Å². The molecule has 1 aromatic rings. The number of hydrogen-bond donors (Lipinski definition) is 2. The molecule has 0 aromatic heterocycles. The zero-order valence-corrected chi connectivity index (χ0v) is 12.2. The number of hydrogen-bond acceptors (Lipinski definition) is 5. The molecule has 1 aliphatic heterocycles. The number of sulfone groups is 1. The minimum Gasteiger partial charge on any atom is -0.396 e. The maximum atomic E-state index is 11.6. The average molecular weight is 283 g/mol. The van der Waals surface area contributed by atoms with Crippen molar-refractivity contribution < 1.29 is 8.42 Å². The van der Waals surface area contributed by atoms with Gasteiger partial charge >= 0.3 is 0 Å². The Kier molecular flexibility index (Phi) is 4.01. The van der Waals surface area contributed by atoms with Gasteiger partial charge in [-0.25, -0.2) is 8.42 Å². The van der Waals surface area contributed by atoms with Gasteiger partial charge in [-0.1, -0.05) is 6.07 Å². The molecule has 0 unspecified atom stereocenters. The lowest BCUT2D eigenvalue weighted by molar-refractivity contribution is 0.264.